The van der Waals surface area contributed by atoms with Crippen LogP contribution in [-0.2, 0) is 10.1 Å². The summed E-state index contributed by atoms with van der Waals surface area (Å²) in [6.45, 7) is 3.27. The molecule has 0 fully saturated rings. The van der Waals surface area contributed by atoms with Gasteiger partial charge in [-0.05, 0) is 32.0 Å². The standard InChI is InChI=1S/C12H13ClN2O3S/c1-3-19(16,17)18-12-7-9(2)14-15(12)11-6-4-5-10(13)8-11/h4-8H,3H2,1-2H3. The van der Waals surface area contributed by atoms with Crippen molar-refractivity contribution in [3.63, 3.8) is 0 Å². The molecule has 1 aromatic carbocycles. The summed E-state index contributed by atoms with van der Waals surface area (Å²) in [6.07, 6.45) is 0. The van der Waals surface area contributed by atoms with Crippen molar-refractivity contribution < 1.29 is 12.6 Å². The van der Waals surface area contributed by atoms with Crippen LogP contribution in [0.1, 0.15) is 12.6 Å². The fourth-order valence-electron chi connectivity index (χ4n) is 1.52. The van der Waals surface area contributed by atoms with E-state index >= 15 is 0 Å². The lowest BCUT2D eigenvalue weighted by Gasteiger charge is -2.08. The number of rotatable bonds is 4. The maximum atomic E-state index is 11.5. The molecule has 0 aliphatic carbocycles. The van der Waals surface area contributed by atoms with Crippen LogP contribution in [0.2, 0.25) is 5.02 Å². The second-order valence-electron chi connectivity index (χ2n) is 3.95. The van der Waals surface area contributed by atoms with Crippen LogP contribution in [0, 0.1) is 6.92 Å². The van der Waals surface area contributed by atoms with E-state index in [9.17, 15) is 8.42 Å². The van der Waals surface area contributed by atoms with Gasteiger partial charge in [-0.2, -0.15) is 18.2 Å². The first kappa shape index (κ1) is 13.9. The molecule has 5 nitrogen and oxygen atoms in total. The lowest BCUT2D eigenvalue weighted by Crippen LogP contribution is -2.14. The Morgan fingerprint density at radius 2 is 2.11 bits per heavy atom. The fourth-order valence-corrected chi connectivity index (χ4v) is 2.20. The molecule has 1 heterocycles. The van der Waals surface area contributed by atoms with Crippen LogP contribution < -0.4 is 4.18 Å². The zero-order valence-electron chi connectivity index (χ0n) is 10.5. The number of benzene rings is 1. The lowest BCUT2D eigenvalue weighted by atomic mass is 10.3. The molecule has 1 aromatic heterocycles. The van der Waals surface area contributed by atoms with Crippen molar-refractivity contribution in [3.05, 3.63) is 41.0 Å². The Labute approximate surface area is 116 Å². The van der Waals surface area contributed by atoms with Gasteiger partial charge in [0.1, 0.15) is 0 Å². The summed E-state index contributed by atoms with van der Waals surface area (Å²) >= 11 is 5.91. The number of hydrogen-bond donors (Lipinski definition) is 0. The molecule has 0 N–H and O–H groups in total. The first-order valence-corrected chi connectivity index (χ1v) is 7.61. The SMILES string of the molecule is CCS(=O)(=O)Oc1cc(C)nn1-c1cccc(Cl)c1. The zero-order valence-corrected chi connectivity index (χ0v) is 12.1. The summed E-state index contributed by atoms with van der Waals surface area (Å²) in [5.74, 6) is 0.0499. The van der Waals surface area contributed by atoms with Gasteiger partial charge in [0.25, 0.3) is 0 Å². The van der Waals surface area contributed by atoms with Gasteiger partial charge in [0, 0.05) is 11.1 Å². The molecule has 0 spiro atoms. The van der Waals surface area contributed by atoms with Crippen LogP contribution in [0.15, 0.2) is 30.3 Å². The predicted molar refractivity (Wildman–Crippen MR) is 73.4 cm³/mol. The van der Waals surface area contributed by atoms with E-state index in [1.165, 1.54) is 11.6 Å². The minimum absolute atomic E-state index is 0.104. The Bertz CT molecular complexity index is 695. The van der Waals surface area contributed by atoms with E-state index in [0.717, 1.165) is 0 Å². The highest BCUT2D eigenvalue weighted by Crippen LogP contribution is 2.22. The zero-order chi connectivity index (χ0) is 14.0. The number of aromatic nitrogens is 2. The van der Waals surface area contributed by atoms with E-state index in [0.29, 0.717) is 16.4 Å². The quantitative estimate of drug-likeness (QED) is 0.814. The lowest BCUT2D eigenvalue weighted by molar-refractivity contribution is 0.466. The molecule has 2 rings (SSSR count). The van der Waals surface area contributed by atoms with Gasteiger partial charge in [-0.1, -0.05) is 17.7 Å². The molecule has 7 heteroatoms. The molecule has 0 atom stereocenters. The number of halogens is 1. The molecule has 0 unspecified atom stereocenters. The summed E-state index contributed by atoms with van der Waals surface area (Å²) < 4.78 is 29.5. The van der Waals surface area contributed by atoms with Gasteiger partial charge in [-0.3, -0.25) is 0 Å². The van der Waals surface area contributed by atoms with Gasteiger partial charge < -0.3 is 4.18 Å². The van der Waals surface area contributed by atoms with Crippen molar-refractivity contribution in [2.75, 3.05) is 5.75 Å². The highest BCUT2D eigenvalue weighted by atomic mass is 35.5. The second kappa shape index (κ2) is 5.22. The number of hydrogen-bond acceptors (Lipinski definition) is 4. The van der Waals surface area contributed by atoms with Crippen LogP contribution in [0.4, 0.5) is 0 Å². The molecule has 0 saturated carbocycles. The van der Waals surface area contributed by atoms with Gasteiger partial charge in [0.2, 0.25) is 5.88 Å². The molecular weight excluding hydrogens is 288 g/mol. The minimum atomic E-state index is -3.59. The van der Waals surface area contributed by atoms with E-state index in [2.05, 4.69) is 5.10 Å². The molecule has 102 valence electrons. The average molecular weight is 301 g/mol. The number of nitrogens with zero attached hydrogens (tertiary/aromatic N) is 2. The fraction of sp³-hybridized carbons (Fsp3) is 0.250. The van der Waals surface area contributed by atoms with E-state index < -0.39 is 10.1 Å². The monoisotopic (exact) mass is 300 g/mol. The number of aryl methyl sites for hydroxylation is 1. The molecule has 0 radical (unpaired) electrons. The summed E-state index contributed by atoms with van der Waals surface area (Å²) in [5, 5.41) is 4.75. The first-order valence-electron chi connectivity index (χ1n) is 5.66. The average Bonchev–Trinajstić information content (AvgIpc) is 2.69. The van der Waals surface area contributed by atoms with Crippen molar-refractivity contribution in [2.24, 2.45) is 0 Å². The largest absolute Gasteiger partial charge is 0.361 e. The van der Waals surface area contributed by atoms with Crippen molar-refractivity contribution in [2.45, 2.75) is 13.8 Å². The summed E-state index contributed by atoms with van der Waals surface area (Å²) in [4.78, 5) is 0. The van der Waals surface area contributed by atoms with E-state index in [1.807, 2.05) is 0 Å². The van der Waals surface area contributed by atoms with Crippen LogP contribution in [0.25, 0.3) is 5.69 Å². The third-order valence-corrected chi connectivity index (χ3v) is 3.78. The first-order chi connectivity index (χ1) is 8.91. The Morgan fingerprint density at radius 3 is 2.74 bits per heavy atom. The molecule has 0 saturated heterocycles. The van der Waals surface area contributed by atoms with E-state index in [4.69, 9.17) is 15.8 Å². The topological polar surface area (TPSA) is 61.2 Å². The maximum absolute atomic E-state index is 11.5. The van der Waals surface area contributed by atoms with Gasteiger partial charge >= 0.3 is 10.1 Å². The van der Waals surface area contributed by atoms with E-state index in [-0.39, 0.29) is 11.6 Å². The van der Waals surface area contributed by atoms with Gasteiger partial charge in [-0.25, -0.2) is 0 Å². The van der Waals surface area contributed by atoms with E-state index in [1.54, 1.807) is 37.3 Å². The van der Waals surface area contributed by atoms with Crippen molar-refractivity contribution >= 4 is 21.7 Å². The molecule has 0 aliphatic heterocycles. The molecule has 2 aromatic rings. The van der Waals surface area contributed by atoms with Crippen LogP contribution in [-0.4, -0.2) is 24.0 Å². The van der Waals surface area contributed by atoms with Crippen LogP contribution in [0.5, 0.6) is 5.88 Å². The Balaban J connectivity index is 2.47. The third kappa shape index (κ3) is 3.27. The molecule has 0 amide bonds. The minimum Gasteiger partial charge on any atom is -0.361 e. The summed E-state index contributed by atoms with van der Waals surface area (Å²) in [7, 11) is -3.59. The van der Waals surface area contributed by atoms with Crippen molar-refractivity contribution in [1.29, 1.82) is 0 Å². The molecule has 0 aliphatic rings. The second-order valence-corrected chi connectivity index (χ2v) is 6.24. The summed E-state index contributed by atoms with van der Waals surface area (Å²) in [6, 6.07) is 8.49. The van der Waals surface area contributed by atoms with Crippen LogP contribution in [0.3, 0.4) is 0 Å². The van der Waals surface area contributed by atoms with Gasteiger partial charge in [0.15, 0.2) is 0 Å². The van der Waals surface area contributed by atoms with Gasteiger partial charge in [0.05, 0.1) is 17.1 Å². The highest BCUT2D eigenvalue weighted by Gasteiger charge is 2.16. The molecule has 0 bridgehead atoms. The van der Waals surface area contributed by atoms with Crippen molar-refractivity contribution in [3.8, 4) is 11.6 Å². The maximum Gasteiger partial charge on any atom is 0.310 e. The van der Waals surface area contributed by atoms with Gasteiger partial charge in [-0.15, -0.1) is 0 Å². The Hall–Kier alpha value is -1.53. The normalized spacial score (nSPS) is 11.5. The van der Waals surface area contributed by atoms with Crippen LogP contribution >= 0.6 is 11.6 Å². The Morgan fingerprint density at radius 1 is 1.37 bits per heavy atom. The smallest absolute Gasteiger partial charge is 0.310 e. The third-order valence-electron chi connectivity index (χ3n) is 2.42. The predicted octanol–water partition coefficient (Wildman–Crippen LogP) is 2.56. The summed E-state index contributed by atoms with van der Waals surface area (Å²) in [5.41, 5.74) is 1.29. The Kier molecular flexibility index (Phi) is 3.82. The molecule has 19 heavy (non-hydrogen) atoms. The molecular formula is C12H13ClN2O3S. The van der Waals surface area contributed by atoms with Crippen molar-refractivity contribution in [1.82, 2.24) is 9.78 Å². The highest BCUT2D eigenvalue weighted by molar-refractivity contribution is 7.87.